The van der Waals surface area contributed by atoms with E-state index in [1.54, 1.807) is 6.92 Å². The zero-order valence-electron chi connectivity index (χ0n) is 6.49. The molecule has 0 aromatic rings. The van der Waals surface area contributed by atoms with Gasteiger partial charge in [0.05, 0.1) is 0 Å². The summed E-state index contributed by atoms with van der Waals surface area (Å²) in [5.74, 6) is 0.472. The monoisotopic (exact) mass is 94.1 g/mol. The molecular weight excluding hydrogens is 83.0 g/mol. The van der Waals surface area contributed by atoms with Crippen LogP contribution in [0.1, 0.15) is 22.2 Å². The first-order valence-corrected chi connectivity index (χ1v) is 2.15. The average molecular weight is 94.1 g/mol. The molecule has 0 amide bonds. The first-order valence-electron chi connectivity index (χ1n) is 2.15. The SMILES string of the molecule is CC(=O)C(C)C.[H-].[Li+]. The minimum atomic E-state index is 0. The predicted molar refractivity (Wildman–Crippen MR) is 26.6 cm³/mol. The largest absolute Gasteiger partial charge is 1.00 e. The number of ketones is 1. The quantitative estimate of drug-likeness (QED) is 0.356. The van der Waals surface area contributed by atoms with Crippen molar-refractivity contribution >= 4 is 5.78 Å². The van der Waals surface area contributed by atoms with Gasteiger partial charge in [-0.1, -0.05) is 13.8 Å². The van der Waals surface area contributed by atoms with Crippen molar-refractivity contribution in [2.24, 2.45) is 5.92 Å². The summed E-state index contributed by atoms with van der Waals surface area (Å²) in [5, 5.41) is 0. The third-order valence-corrected chi connectivity index (χ3v) is 0.813. The van der Waals surface area contributed by atoms with Crippen LogP contribution < -0.4 is 18.9 Å². The second kappa shape index (κ2) is 4.43. The summed E-state index contributed by atoms with van der Waals surface area (Å²) >= 11 is 0. The van der Waals surface area contributed by atoms with E-state index in [-0.39, 0.29) is 32.0 Å². The van der Waals surface area contributed by atoms with Crippen LogP contribution in [-0.4, -0.2) is 5.78 Å². The van der Waals surface area contributed by atoms with Crippen LogP contribution in [0.5, 0.6) is 0 Å². The number of carbonyl (C=O) groups excluding carboxylic acids is 1. The van der Waals surface area contributed by atoms with Gasteiger partial charge in [0, 0.05) is 5.92 Å². The average Bonchev–Trinajstić information content (AvgIpc) is 1.36. The van der Waals surface area contributed by atoms with Gasteiger partial charge in [-0.2, -0.15) is 0 Å². The minimum absolute atomic E-state index is 0. The van der Waals surface area contributed by atoms with Crippen LogP contribution in [0.4, 0.5) is 0 Å². The van der Waals surface area contributed by atoms with E-state index < -0.39 is 0 Å². The van der Waals surface area contributed by atoms with Crippen LogP contribution in [0.15, 0.2) is 0 Å². The fourth-order valence-corrected chi connectivity index (χ4v) is 0. The summed E-state index contributed by atoms with van der Waals surface area (Å²) < 4.78 is 0. The molecule has 0 aliphatic heterocycles. The molecule has 2 heteroatoms. The number of hydrogen-bond donors (Lipinski definition) is 0. The standard InChI is InChI=1S/C5H10O.Li.H/c1-4(2)5(3)6;;/h4H,1-3H3;;/q;+1;-1. The van der Waals surface area contributed by atoms with E-state index in [4.69, 9.17) is 0 Å². The molecule has 0 spiro atoms. The van der Waals surface area contributed by atoms with Crippen molar-refractivity contribution in [3.05, 3.63) is 0 Å². The van der Waals surface area contributed by atoms with Crippen LogP contribution in [0, 0.1) is 5.92 Å². The second-order valence-corrected chi connectivity index (χ2v) is 1.77. The molecule has 0 aliphatic rings. The van der Waals surface area contributed by atoms with Crippen molar-refractivity contribution in [3.8, 4) is 0 Å². The summed E-state index contributed by atoms with van der Waals surface area (Å²) in [4.78, 5) is 10.1. The van der Waals surface area contributed by atoms with Gasteiger partial charge in [-0.15, -0.1) is 0 Å². The maximum absolute atomic E-state index is 10.1. The van der Waals surface area contributed by atoms with Gasteiger partial charge >= 0.3 is 18.9 Å². The van der Waals surface area contributed by atoms with Gasteiger partial charge in [0.2, 0.25) is 0 Å². The van der Waals surface area contributed by atoms with E-state index >= 15 is 0 Å². The Morgan fingerprint density at radius 3 is 1.71 bits per heavy atom. The van der Waals surface area contributed by atoms with E-state index in [0.29, 0.717) is 0 Å². The number of Topliss-reactive ketones (excluding diaryl/α,β-unsaturated/α-hetero) is 1. The van der Waals surface area contributed by atoms with Crippen molar-refractivity contribution in [3.63, 3.8) is 0 Å². The first kappa shape index (κ1) is 10.3. The van der Waals surface area contributed by atoms with Crippen molar-refractivity contribution < 1.29 is 25.1 Å². The molecule has 0 aromatic carbocycles. The molecule has 1 nitrogen and oxygen atoms in total. The van der Waals surface area contributed by atoms with Gasteiger partial charge in [0.15, 0.2) is 0 Å². The maximum Gasteiger partial charge on any atom is 1.00 e. The number of hydrogen-bond acceptors (Lipinski definition) is 1. The summed E-state index contributed by atoms with van der Waals surface area (Å²) in [5.41, 5.74) is 0. The first-order chi connectivity index (χ1) is 2.64. The van der Waals surface area contributed by atoms with E-state index in [0.717, 1.165) is 0 Å². The molecule has 0 aliphatic carbocycles. The molecule has 0 unspecified atom stereocenters. The topological polar surface area (TPSA) is 17.1 Å². The molecule has 0 aromatic heterocycles. The Kier molecular flexibility index (Phi) is 6.51. The Morgan fingerprint density at radius 1 is 1.57 bits per heavy atom. The number of rotatable bonds is 1. The van der Waals surface area contributed by atoms with Crippen molar-refractivity contribution in [2.45, 2.75) is 20.8 Å². The molecule has 0 rings (SSSR count). The molecular formula is C5H11LiO. The molecule has 0 saturated heterocycles. The second-order valence-electron chi connectivity index (χ2n) is 1.77. The third kappa shape index (κ3) is 6.27. The van der Waals surface area contributed by atoms with E-state index in [2.05, 4.69) is 0 Å². The van der Waals surface area contributed by atoms with E-state index in [9.17, 15) is 4.79 Å². The van der Waals surface area contributed by atoms with Gasteiger partial charge in [0.25, 0.3) is 0 Å². The molecule has 0 saturated carbocycles. The van der Waals surface area contributed by atoms with Gasteiger partial charge in [-0.25, -0.2) is 0 Å². The van der Waals surface area contributed by atoms with Crippen LogP contribution in [-0.2, 0) is 4.79 Å². The fraction of sp³-hybridized carbons (Fsp3) is 0.800. The third-order valence-electron chi connectivity index (χ3n) is 0.813. The van der Waals surface area contributed by atoms with E-state index in [1.165, 1.54) is 0 Å². The van der Waals surface area contributed by atoms with Gasteiger partial charge in [-0.3, -0.25) is 4.79 Å². The smallest absolute Gasteiger partial charge is 1.00 e. The van der Waals surface area contributed by atoms with Crippen LogP contribution in [0.3, 0.4) is 0 Å². The summed E-state index contributed by atoms with van der Waals surface area (Å²) in [6.45, 7) is 5.38. The Morgan fingerprint density at radius 2 is 1.71 bits per heavy atom. The Hall–Kier alpha value is 0.267. The van der Waals surface area contributed by atoms with Gasteiger partial charge in [-0.05, 0) is 6.92 Å². The van der Waals surface area contributed by atoms with Crippen molar-refractivity contribution in [2.75, 3.05) is 0 Å². The molecule has 0 bridgehead atoms. The molecule has 0 heterocycles. The fourth-order valence-electron chi connectivity index (χ4n) is 0. The maximum atomic E-state index is 10.1. The molecule has 0 atom stereocenters. The summed E-state index contributed by atoms with van der Waals surface area (Å²) in [6, 6.07) is 0. The van der Waals surface area contributed by atoms with Crippen molar-refractivity contribution in [1.29, 1.82) is 0 Å². The number of carbonyl (C=O) groups is 1. The zero-order valence-corrected chi connectivity index (χ0v) is 5.49. The Balaban J connectivity index is -0.000000125. The molecule has 38 valence electrons. The molecule has 0 radical (unpaired) electrons. The molecule has 0 N–H and O–H groups in total. The van der Waals surface area contributed by atoms with Crippen LogP contribution in [0.25, 0.3) is 0 Å². The Bertz CT molecular complexity index is 63.4. The Labute approximate surface area is 58.1 Å². The van der Waals surface area contributed by atoms with Gasteiger partial charge < -0.3 is 1.43 Å². The molecule has 0 fully saturated rings. The molecule has 7 heavy (non-hydrogen) atoms. The van der Waals surface area contributed by atoms with Crippen molar-refractivity contribution in [1.82, 2.24) is 0 Å². The predicted octanol–water partition coefficient (Wildman–Crippen LogP) is -1.65. The van der Waals surface area contributed by atoms with Crippen LogP contribution in [0.2, 0.25) is 0 Å². The summed E-state index contributed by atoms with van der Waals surface area (Å²) in [7, 11) is 0. The minimum Gasteiger partial charge on any atom is -1.00 e. The van der Waals surface area contributed by atoms with Crippen LogP contribution >= 0.6 is 0 Å². The zero-order chi connectivity index (χ0) is 5.15. The van der Waals surface area contributed by atoms with Gasteiger partial charge in [0.1, 0.15) is 5.78 Å². The van der Waals surface area contributed by atoms with E-state index in [1.807, 2.05) is 13.8 Å². The summed E-state index contributed by atoms with van der Waals surface area (Å²) in [6.07, 6.45) is 0. The normalized spacial score (nSPS) is 8.00.